The number of allylic oxidation sites excluding steroid dienone is 1. The first-order valence-electron chi connectivity index (χ1n) is 10.3. The lowest BCUT2D eigenvalue weighted by Crippen LogP contribution is -2.35. The van der Waals surface area contributed by atoms with Crippen LogP contribution in [0.5, 0.6) is 0 Å². The number of hydrogen-bond donors (Lipinski definition) is 1. The number of aromatic nitrogens is 2. The van der Waals surface area contributed by atoms with Gasteiger partial charge in [-0.05, 0) is 58.6 Å². The van der Waals surface area contributed by atoms with Crippen molar-refractivity contribution in [2.24, 2.45) is 0 Å². The average molecular weight is 396 g/mol. The first-order valence-corrected chi connectivity index (χ1v) is 10.3. The van der Waals surface area contributed by atoms with Crippen molar-refractivity contribution in [2.75, 3.05) is 6.61 Å². The van der Waals surface area contributed by atoms with Gasteiger partial charge in [-0.1, -0.05) is 29.8 Å². The van der Waals surface area contributed by atoms with Gasteiger partial charge in [0.05, 0.1) is 18.0 Å². The highest BCUT2D eigenvalue weighted by Crippen LogP contribution is 2.26. The lowest BCUT2D eigenvalue weighted by atomic mass is 9.96. The Morgan fingerprint density at radius 2 is 1.97 bits per heavy atom. The molecule has 1 aromatic heterocycles. The second-order valence-electron chi connectivity index (χ2n) is 7.37. The summed E-state index contributed by atoms with van der Waals surface area (Å²) in [6.07, 6.45) is 6.72. The van der Waals surface area contributed by atoms with Crippen molar-refractivity contribution in [3.63, 3.8) is 0 Å². The molecule has 1 atom stereocenters. The first kappa shape index (κ1) is 20.8. The molecule has 1 amide bonds. The van der Waals surface area contributed by atoms with Crippen LogP contribution in [0.4, 0.5) is 0 Å². The van der Waals surface area contributed by atoms with Crippen LogP contribution in [0, 0.1) is 13.8 Å². The zero-order valence-electron chi connectivity index (χ0n) is 17.4. The molecular formula is C23H29N3O3. The van der Waals surface area contributed by atoms with E-state index < -0.39 is 12.0 Å². The highest BCUT2D eigenvalue weighted by Gasteiger charge is 2.30. The van der Waals surface area contributed by atoms with Crippen LogP contribution < -0.4 is 5.32 Å². The lowest BCUT2D eigenvalue weighted by molar-refractivity contribution is -0.147. The van der Waals surface area contributed by atoms with Gasteiger partial charge in [0.25, 0.3) is 0 Å². The summed E-state index contributed by atoms with van der Waals surface area (Å²) in [5, 5.41) is 7.52. The molecule has 0 bridgehead atoms. The van der Waals surface area contributed by atoms with Crippen LogP contribution in [-0.2, 0) is 14.3 Å². The standard InChI is InChI=1S/C23H29N3O3/c1-4-29-23(28)22(24-20(27)15-18-11-7-5-8-12-18)21-16(2)25-26(17(21)3)19-13-9-6-10-14-19/h6,9-11,13-14,22H,4-5,7-8,12,15H2,1-3H3,(H,24,27). The summed E-state index contributed by atoms with van der Waals surface area (Å²) in [6.45, 7) is 5.77. The number of carbonyl (C=O) groups excluding carboxylic acids is 2. The van der Waals surface area contributed by atoms with Gasteiger partial charge in [-0.3, -0.25) is 4.79 Å². The molecule has 1 heterocycles. The minimum atomic E-state index is -0.871. The Bertz CT molecular complexity index is 900. The van der Waals surface area contributed by atoms with E-state index in [2.05, 4.69) is 16.5 Å². The molecule has 6 heteroatoms. The van der Waals surface area contributed by atoms with Crippen molar-refractivity contribution >= 4 is 11.9 Å². The van der Waals surface area contributed by atoms with E-state index in [1.54, 1.807) is 11.6 Å². The number of esters is 1. The molecular weight excluding hydrogens is 366 g/mol. The van der Waals surface area contributed by atoms with Gasteiger partial charge in [0.2, 0.25) is 5.91 Å². The molecule has 29 heavy (non-hydrogen) atoms. The summed E-state index contributed by atoms with van der Waals surface area (Å²) in [5.41, 5.74) is 4.24. The van der Waals surface area contributed by atoms with E-state index in [4.69, 9.17) is 4.74 Å². The molecule has 6 nitrogen and oxygen atoms in total. The van der Waals surface area contributed by atoms with E-state index in [0.717, 1.165) is 36.2 Å². The average Bonchev–Trinajstić information content (AvgIpc) is 3.02. The van der Waals surface area contributed by atoms with Gasteiger partial charge in [0, 0.05) is 17.7 Å². The fourth-order valence-electron chi connectivity index (χ4n) is 3.85. The largest absolute Gasteiger partial charge is 0.464 e. The summed E-state index contributed by atoms with van der Waals surface area (Å²) in [6, 6.07) is 8.86. The summed E-state index contributed by atoms with van der Waals surface area (Å²) < 4.78 is 7.07. The molecule has 1 aromatic carbocycles. The summed E-state index contributed by atoms with van der Waals surface area (Å²) in [5.74, 6) is -0.625. The lowest BCUT2D eigenvalue weighted by Gasteiger charge is -2.19. The topological polar surface area (TPSA) is 73.2 Å². The Kier molecular flexibility index (Phi) is 6.86. The van der Waals surface area contributed by atoms with E-state index in [1.807, 2.05) is 44.2 Å². The maximum absolute atomic E-state index is 12.7. The number of aryl methyl sites for hydroxylation is 1. The minimum Gasteiger partial charge on any atom is -0.464 e. The fraction of sp³-hybridized carbons (Fsp3) is 0.435. The molecule has 1 N–H and O–H groups in total. The number of carbonyl (C=O) groups is 2. The molecule has 1 aliphatic carbocycles. The third kappa shape index (κ3) is 4.94. The van der Waals surface area contributed by atoms with Gasteiger partial charge in [0.1, 0.15) is 0 Å². The Balaban J connectivity index is 1.89. The molecule has 0 spiro atoms. The maximum atomic E-state index is 12.7. The van der Waals surface area contributed by atoms with E-state index in [0.29, 0.717) is 17.7 Å². The smallest absolute Gasteiger partial charge is 0.333 e. The van der Waals surface area contributed by atoms with Crippen LogP contribution in [0.25, 0.3) is 5.69 Å². The van der Waals surface area contributed by atoms with Crippen molar-refractivity contribution in [2.45, 2.75) is 58.9 Å². The molecule has 0 fully saturated rings. The van der Waals surface area contributed by atoms with Gasteiger partial charge in [-0.25, -0.2) is 9.48 Å². The molecule has 3 rings (SSSR count). The Morgan fingerprint density at radius 1 is 1.21 bits per heavy atom. The second-order valence-corrected chi connectivity index (χ2v) is 7.37. The number of nitrogens with zero attached hydrogens (tertiary/aromatic N) is 2. The third-order valence-corrected chi connectivity index (χ3v) is 5.24. The van der Waals surface area contributed by atoms with Gasteiger partial charge in [-0.15, -0.1) is 0 Å². The Morgan fingerprint density at radius 3 is 2.62 bits per heavy atom. The fourth-order valence-corrected chi connectivity index (χ4v) is 3.85. The Labute approximate surface area is 171 Å². The number of benzene rings is 1. The summed E-state index contributed by atoms with van der Waals surface area (Å²) in [4.78, 5) is 25.4. The van der Waals surface area contributed by atoms with Crippen LogP contribution in [0.15, 0.2) is 42.0 Å². The van der Waals surface area contributed by atoms with Crippen molar-refractivity contribution in [3.05, 3.63) is 58.9 Å². The Hall–Kier alpha value is -2.89. The second kappa shape index (κ2) is 9.54. The van der Waals surface area contributed by atoms with E-state index in [9.17, 15) is 9.59 Å². The van der Waals surface area contributed by atoms with Gasteiger partial charge in [-0.2, -0.15) is 5.10 Å². The van der Waals surface area contributed by atoms with E-state index in [1.165, 1.54) is 6.42 Å². The summed E-state index contributed by atoms with van der Waals surface area (Å²) in [7, 11) is 0. The number of hydrogen-bond acceptors (Lipinski definition) is 4. The van der Waals surface area contributed by atoms with Crippen molar-refractivity contribution < 1.29 is 14.3 Å². The molecule has 0 saturated carbocycles. The van der Waals surface area contributed by atoms with Crippen LogP contribution in [0.1, 0.15) is 62.0 Å². The van der Waals surface area contributed by atoms with Gasteiger partial charge < -0.3 is 10.1 Å². The molecule has 0 aliphatic heterocycles. The van der Waals surface area contributed by atoms with Gasteiger partial charge in [0.15, 0.2) is 6.04 Å². The van der Waals surface area contributed by atoms with Crippen molar-refractivity contribution in [1.29, 1.82) is 0 Å². The van der Waals surface area contributed by atoms with Crippen LogP contribution >= 0.6 is 0 Å². The monoisotopic (exact) mass is 395 g/mol. The first-order chi connectivity index (χ1) is 14.0. The van der Waals surface area contributed by atoms with E-state index >= 15 is 0 Å². The number of nitrogens with one attached hydrogen (secondary N) is 1. The number of ether oxygens (including phenoxy) is 1. The van der Waals surface area contributed by atoms with Crippen molar-refractivity contribution in [1.82, 2.24) is 15.1 Å². The minimum absolute atomic E-state index is 0.164. The molecule has 0 radical (unpaired) electrons. The highest BCUT2D eigenvalue weighted by molar-refractivity contribution is 5.87. The normalized spacial score (nSPS) is 14.8. The number of amides is 1. The predicted octanol–water partition coefficient (Wildman–Crippen LogP) is 4.10. The molecule has 1 aliphatic rings. The van der Waals surface area contributed by atoms with E-state index in [-0.39, 0.29) is 12.5 Å². The molecule has 1 unspecified atom stereocenters. The predicted molar refractivity (Wildman–Crippen MR) is 112 cm³/mol. The van der Waals surface area contributed by atoms with Crippen LogP contribution in [-0.4, -0.2) is 28.3 Å². The maximum Gasteiger partial charge on any atom is 0.333 e. The quantitative estimate of drug-likeness (QED) is 0.566. The van der Waals surface area contributed by atoms with Crippen molar-refractivity contribution in [3.8, 4) is 5.69 Å². The molecule has 0 saturated heterocycles. The summed E-state index contributed by atoms with van der Waals surface area (Å²) >= 11 is 0. The number of rotatable bonds is 7. The third-order valence-electron chi connectivity index (χ3n) is 5.24. The molecule has 2 aromatic rings. The zero-order chi connectivity index (χ0) is 20.8. The highest BCUT2D eigenvalue weighted by atomic mass is 16.5. The van der Waals surface area contributed by atoms with Crippen LogP contribution in [0.3, 0.4) is 0 Å². The zero-order valence-corrected chi connectivity index (χ0v) is 17.4. The SMILES string of the molecule is CCOC(=O)C(NC(=O)CC1=CCCCC1)c1c(C)nn(-c2ccccc2)c1C. The number of para-hydroxylation sites is 1. The van der Waals surface area contributed by atoms with Crippen LogP contribution in [0.2, 0.25) is 0 Å². The molecule has 154 valence electrons. The van der Waals surface area contributed by atoms with Gasteiger partial charge >= 0.3 is 5.97 Å².